The molecule has 1 saturated heterocycles. The predicted octanol–water partition coefficient (Wildman–Crippen LogP) is 4.41. The van der Waals surface area contributed by atoms with E-state index in [0.29, 0.717) is 23.8 Å². The summed E-state index contributed by atoms with van der Waals surface area (Å²) in [5.41, 5.74) is 3.25. The molecular weight excluding hydrogens is 416 g/mol. The van der Waals surface area contributed by atoms with Gasteiger partial charge in [0.2, 0.25) is 16.9 Å². The Morgan fingerprint density at radius 2 is 1.77 bits per heavy atom. The van der Waals surface area contributed by atoms with Crippen LogP contribution in [-0.2, 0) is 9.59 Å². The first-order valence-corrected chi connectivity index (χ1v) is 11.5. The van der Waals surface area contributed by atoms with E-state index in [4.69, 9.17) is 0 Å². The number of carbonyl (C=O) groups is 2. The molecule has 2 aromatic carbocycles. The molecule has 2 heterocycles. The summed E-state index contributed by atoms with van der Waals surface area (Å²) in [5, 5.41) is 12.4. The number of nitrogens with zero attached hydrogens (tertiary/aromatic N) is 3. The fraction of sp³-hybridized carbons (Fsp3) is 0.273. The summed E-state index contributed by atoms with van der Waals surface area (Å²) in [6, 6.07) is 16.0. The van der Waals surface area contributed by atoms with Crippen LogP contribution in [0.4, 0.5) is 10.8 Å². The van der Waals surface area contributed by atoms with Gasteiger partial charge < -0.3 is 4.90 Å². The Balaban J connectivity index is 1.33. The normalized spacial score (nSPS) is 16.1. The van der Waals surface area contributed by atoms with Crippen LogP contribution >= 0.6 is 23.1 Å². The third-order valence-electron chi connectivity index (χ3n) is 4.90. The van der Waals surface area contributed by atoms with Crippen LogP contribution < -0.4 is 10.2 Å². The second-order valence-electron chi connectivity index (χ2n) is 7.34. The number of aryl methyl sites for hydroxylation is 2. The van der Waals surface area contributed by atoms with E-state index in [1.54, 1.807) is 4.90 Å². The predicted molar refractivity (Wildman–Crippen MR) is 121 cm³/mol. The van der Waals surface area contributed by atoms with Crippen molar-refractivity contribution in [1.29, 1.82) is 0 Å². The average Bonchev–Trinajstić information content (AvgIpc) is 3.35. The van der Waals surface area contributed by atoms with Crippen LogP contribution in [0.1, 0.15) is 28.5 Å². The van der Waals surface area contributed by atoms with Gasteiger partial charge in [0.1, 0.15) is 5.01 Å². The highest BCUT2D eigenvalue weighted by atomic mass is 32.2. The van der Waals surface area contributed by atoms with E-state index in [0.717, 1.165) is 21.2 Å². The molecule has 0 radical (unpaired) electrons. The second-order valence-corrected chi connectivity index (χ2v) is 9.39. The van der Waals surface area contributed by atoms with Crippen molar-refractivity contribution in [2.75, 3.05) is 22.5 Å². The number of aromatic nitrogens is 2. The molecule has 1 fully saturated rings. The first-order chi connectivity index (χ1) is 14.5. The number of amides is 2. The van der Waals surface area contributed by atoms with Gasteiger partial charge in [-0.2, -0.15) is 0 Å². The molecule has 1 aromatic heterocycles. The lowest BCUT2D eigenvalue weighted by Gasteiger charge is -2.16. The number of hydrogen-bond donors (Lipinski definition) is 1. The lowest BCUT2D eigenvalue weighted by atomic mass is 10.1. The summed E-state index contributed by atoms with van der Waals surface area (Å²) >= 11 is 2.82. The molecule has 0 bridgehead atoms. The highest BCUT2D eigenvalue weighted by Gasteiger charge is 2.33. The topological polar surface area (TPSA) is 75.2 Å². The molecule has 6 nitrogen and oxygen atoms in total. The van der Waals surface area contributed by atoms with E-state index in [2.05, 4.69) is 15.5 Å². The molecule has 1 atom stereocenters. The lowest BCUT2D eigenvalue weighted by Crippen LogP contribution is -2.24. The zero-order valence-corrected chi connectivity index (χ0v) is 18.4. The highest BCUT2D eigenvalue weighted by molar-refractivity contribution is 8.00. The number of hydrogen-bond acceptors (Lipinski definition) is 6. The Hall–Kier alpha value is -2.71. The summed E-state index contributed by atoms with van der Waals surface area (Å²) in [7, 11) is 0. The number of nitrogens with one attached hydrogen (secondary N) is 1. The minimum absolute atomic E-state index is 0.0103. The van der Waals surface area contributed by atoms with Crippen molar-refractivity contribution in [2.24, 2.45) is 0 Å². The maximum Gasteiger partial charge on any atom is 0.236 e. The van der Waals surface area contributed by atoms with Crippen LogP contribution in [-0.4, -0.2) is 34.3 Å². The van der Waals surface area contributed by atoms with Gasteiger partial charge in [-0.1, -0.05) is 46.7 Å². The number of thioether (sulfide) groups is 1. The van der Waals surface area contributed by atoms with Crippen LogP contribution in [0, 0.1) is 13.8 Å². The van der Waals surface area contributed by atoms with E-state index >= 15 is 0 Å². The Bertz CT molecular complexity index is 1050. The average molecular weight is 439 g/mol. The molecule has 2 amide bonds. The molecule has 1 aliphatic heterocycles. The van der Waals surface area contributed by atoms with Gasteiger partial charge >= 0.3 is 0 Å². The molecule has 0 spiro atoms. The molecule has 8 heteroatoms. The Morgan fingerprint density at radius 1 is 1.10 bits per heavy atom. The number of rotatable bonds is 6. The molecular formula is C22H22N4O2S2. The van der Waals surface area contributed by atoms with Gasteiger partial charge in [-0.05, 0) is 38.1 Å². The maximum atomic E-state index is 12.5. The monoisotopic (exact) mass is 438 g/mol. The molecule has 30 heavy (non-hydrogen) atoms. The summed E-state index contributed by atoms with van der Waals surface area (Å²) in [6.07, 6.45) is 0.403. The molecule has 1 N–H and O–H groups in total. The molecule has 0 aliphatic carbocycles. The third-order valence-corrected chi connectivity index (χ3v) is 6.91. The molecule has 154 valence electrons. The van der Waals surface area contributed by atoms with Crippen molar-refractivity contribution in [2.45, 2.75) is 31.1 Å². The van der Waals surface area contributed by atoms with Crippen LogP contribution in [0.3, 0.4) is 0 Å². The largest absolute Gasteiger partial charge is 0.312 e. The van der Waals surface area contributed by atoms with Gasteiger partial charge in [0.25, 0.3) is 0 Å². The molecule has 3 aromatic rings. The summed E-state index contributed by atoms with van der Waals surface area (Å²) < 4.78 is 0. The Morgan fingerprint density at radius 3 is 2.47 bits per heavy atom. The van der Waals surface area contributed by atoms with E-state index in [-0.39, 0.29) is 17.7 Å². The first-order valence-electron chi connectivity index (χ1n) is 9.67. The minimum atomic E-state index is -0.118. The van der Waals surface area contributed by atoms with Crippen molar-refractivity contribution in [1.82, 2.24) is 10.2 Å². The Labute approximate surface area is 183 Å². The van der Waals surface area contributed by atoms with E-state index in [1.807, 2.05) is 62.4 Å². The van der Waals surface area contributed by atoms with Gasteiger partial charge in [0, 0.05) is 29.5 Å². The van der Waals surface area contributed by atoms with Crippen molar-refractivity contribution in [3.05, 3.63) is 64.7 Å². The van der Waals surface area contributed by atoms with Gasteiger partial charge in [-0.25, -0.2) is 0 Å². The smallest absolute Gasteiger partial charge is 0.236 e. The van der Waals surface area contributed by atoms with Crippen molar-refractivity contribution in [3.8, 4) is 0 Å². The zero-order valence-electron chi connectivity index (χ0n) is 16.8. The fourth-order valence-corrected chi connectivity index (χ4v) is 4.79. The highest BCUT2D eigenvalue weighted by Crippen LogP contribution is 2.34. The van der Waals surface area contributed by atoms with E-state index in [1.165, 1.54) is 28.7 Å². The van der Waals surface area contributed by atoms with Gasteiger partial charge in [-0.15, -0.1) is 22.0 Å². The third kappa shape index (κ3) is 4.88. The summed E-state index contributed by atoms with van der Waals surface area (Å²) in [6.45, 7) is 4.63. The minimum Gasteiger partial charge on any atom is -0.312 e. The van der Waals surface area contributed by atoms with Gasteiger partial charge in [0.15, 0.2) is 0 Å². The molecule has 1 aliphatic rings. The summed E-state index contributed by atoms with van der Waals surface area (Å²) in [5.74, 6) is 0.260. The van der Waals surface area contributed by atoms with Crippen LogP contribution in [0.5, 0.6) is 0 Å². The van der Waals surface area contributed by atoms with E-state index in [9.17, 15) is 9.59 Å². The van der Waals surface area contributed by atoms with Crippen molar-refractivity contribution in [3.63, 3.8) is 0 Å². The quantitative estimate of drug-likeness (QED) is 0.577. The second kappa shape index (κ2) is 8.97. The number of anilines is 2. The van der Waals surface area contributed by atoms with Crippen LogP contribution in [0.15, 0.2) is 53.4 Å². The standard InChI is InChI=1S/C22H22N4O2S2/c1-14-3-7-17(8-4-14)26-12-16(11-20(26)28)21-24-25-22(30-21)23-19(27)13-29-18-9-5-15(2)6-10-18/h3-10,16H,11-13H2,1-2H3,(H,23,25,27)/t16-/m1/s1. The molecule has 0 saturated carbocycles. The number of benzene rings is 2. The molecule has 4 rings (SSSR count). The Kier molecular flexibility index (Phi) is 6.15. The van der Waals surface area contributed by atoms with E-state index < -0.39 is 0 Å². The van der Waals surface area contributed by atoms with Crippen LogP contribution in [0.2, 0.25) is 0 Å². The van der Waals surface area contributed by atoms with Crippen molar-refractivity contribution >= 4 is 45.7 Å². The van der Waals surface area contributed by atoms with Gasteiger partial charge in [-0.3, -0.25) is 14.9 Å². The van der Waals surface area contributed by atoms with Crippen molar-refractivity contribution < 1.29 is 9.59 Å². The SMILES string of the molecule is Cc1ccc(SCC(=O)Nc2nnc([C@@H]3CC(=O)N(c4ccc(C)cc4)C3)s2)cc1. The maximum absolute atomic E-state index is 12.5. The summed E-state index contributed by atoms with van der Waals surface area (Å²) in [4.78, 5) is 27.6. The van der Waals surface area contributed by atoms with Gasteiger partial charge in [0.05, 0.1) is 5.75 Å². The zero-order chi connectivity index (χ0) is 21.1. The fourth-order valence-electron chi connectivity index (χ4n) is 3.24. The van der Waals surface area contributed by atoms with Crippen LogP contribution in [0.25, 0.3) is 0 Å². The first kappa shape index (κ1) is 20.6. The molecule has 0 unspecified atom stereocenters. The lowest BCUT2D eigenvalue weighted by molar-refractivity contribution is -0.117. The number of carbonyl (C=O) groups excluding carboxylic acids is 2.